The predicted octanol–water partition coefficient (Wildman–Crippen LogP) is 4.11. The van der Waals surface area contributed by atoms with E-state index in [9.17, 15) is 19.5 Å². The number of nitrogens with one attached hydrogen (secondary N) is 1. The fourth-order valence-corrected chi connectivity index (χ4v) is 6.68. The molecule has 7 nitrogen and oxygen atoms in total. The van der Waals surface area contributed by atoms with Crippen LogP contribution in [0, 0.1) is 5.92 Å². The first-order valence-corrected chi connectivity index (χ1v) is 13.3. The Balaban J connectivity index is 1.16. The van der Waals surface area contributed by atoms with Crippen LogP contribution in [0.4, 0.5) is 4.79 Å². The minimum absolute atomic E-state index is 0.00764. The van der Waals surface area contributed by atoms with Crippen LogP contribution in [0.5, 0.6) is 0 Å². The van der Waals surface area contributed by atoms with Gasteiger partial charge < -0.3 is 20.1 Å². The average Bonchev–Trinajstić information content (AvgIpc) is 3.44. The number of carboxylic acids is 1. The molecule has 0 spiro atoms. The lowest BCUT2D eigenvalue weighted by Gasteiger charge is -2.32. The molecule has 184 valence electrons. The predicted molar refractivity (Wildman–Crippen MR) is 134 cm³/mol. The Kier molecular flexibility index (Phi) is 7.00. The maximum absolute atomic E-state index is 12.9. The Bertz CT molecular complexity index is 1080. The van der Waals surface area contributed by atoms with Crippen LogP contribution in [0.25, 0.3) is 11.1 Å². The van der Waals surface area contributed by atoms with Crippen molar-refractivity contribution in [1.82, 2.24) is 10.2 Å². The number of alkyl carbamates (subject to hydrolysis) is 1. The Morgan fingerprint density at radius 2 is 1.71 bits per heavy atom. The van der Waals surface area contributed by atoms with E-state index in [1.165, 1.54) is 34.0 Å². The number of carbonyl (C=O) groups excluding carboxylic acids is 2. The number of aliphatic carboxylic acids is 1. The van der Waals surface area contributed by atoms with Crippen molar-refractivity contribution < 1.29 is 24.2 Å². The highest BCUT2D eigenvalue weighted by Gasteiger charge is 2.35. The summed E-state index contributed by atoms with van der Waals surface area (Å²) >= 11 is 1.38. The maximum atomic E-state index is 12.9. The van der Waals surface area contributed by atoms with Crippen molar-refractivity contribution >= 4 is 29.7 Å². The number of carboxylic acid groups (broad SMARTS) is 1. The number of carbonyl (C=O) groups is 3. The van der Waals surface area contributed by atoms with Gasteiger partial charge in [-0.05, 0) is 41.0 Å². The van der Waals surface area contributed by atoms with Gasteiger partial charge in [-0.15, -0.1) is 11.8 Å². The lowest BCUT2D eigenvalue weighted by atomic mass is 9.98. The molecule has 1 heterocycles. The molecule has 2 N–H and O–H groups in total. The summed E-state index contributed by atoms with van der Waals surface area (Å²) in [5.41, 5.74) is 4.72. The van der Waals surface area contributed by atoms with Gasteiger partial charge in [-0.2, -0.15) is 0 Å². The van der Waals surface area contributed by atoms with Gasteiger partial charge in [0, 0.05) is 37.2 Å². The van der Waals surface area contributed by atoms with Crippen LogP contribution in [0.1, 0.15) is 42.7 Å². The summed E-state index contributed by atoms with van der Waals surface area (Å²) in [7, 11) is 0. The lowest BCUT2D eigenvalue weighted by Crippen LogP contribution is -2.46. The third kappa shape index (κ3) is 5.03. The summed E-state index contributed by atoms with van der Waals surface area (Å²) < 4.78 is 5.70. The van der Waals surface area contributed by atoms with Gasteiger partial charge >= 0.3 is 12.1 Å². The molecule has 1 saturated heterocycles. The number of thioether (sulfide) groups is 1. The Hall–Kier alpha value is -3.00. The Morgan fingerprint density at radius 3 is 2.40 bits per heavy atom. The molecule has 3 atom stereocenters. The van der Waals surface area contributed by atoms with E-state index >= 15 is 0 Å². The van der Waals surface area contributed by atoms with E-state index < -0.39 is 17.3 Å². The molecule has 1 aliphatic heterocycles. The molecule has 3 unspecified atom stereocenters. The summed E-state index contributed by atoms with van der Waals surface area (Å²) in [6, 6.07) is 16.4. The molecule has 3 aliphatic rings. The average molecular weight is 495 g/mol. The molecular weight excluding hydrogens is 464 g/mol. The number of rotatable bonds is 6. The minimum Gasteiger partial charge on any atom is -0.480 e. The highest BCUT2D eigenvalue weighted by Crippen LogP contribution is 2.44. The van der Waals surface area contributed by atoms with Crippen molar-refractivity contribution in [3.63, 3.8) is 0 Å². The van der Waals surface area contributed by atoms with E-state index in [1.54, 1.807) is 4.90 Å². The molecule has 35 heavy (non-hydrogen) atoms. The Labute approximate surface area is 209 Å². The first kappa shape index (κ1) is 23.7. The quantitative estimate of drug-likeness (QED) is 0.628. The number of benzene rings is 2. The second kappa shape index (κ2) is 10.3. The van der Waals surface area contributed by atoms with Gasteiger partial charge in [-0.1, -0.05) is 55.0 Å². The zero-order valence-corrected chi connectivity index (χ0v) is 20.3. The maximum Gasteiger partial charge on any atom is 0.407 e. The highest BCUT2D eigenvalue weighted by atomic mass is 32.2. The molecule has 1 saturated carbocycles. The monoisotopic (exact) mass is 494 g/mol. The van der Waals surface area contributed by atoms with Gasteiger partial charge in [-0.25, -0.2) is 4.79 Å². The van der Waals surface area contributed by atoms with E-state index in [0.29, 0.717) is 18.7 Å². The molecular formula is C27H30N2O5S. The normalized spacial score (nSPS) is 23.4. The van der Waals surface area contributed by atoms with Gasteiger partial charge in [0.1, 0.15) is 11.9 Å². The molecule has 2 aromatic carbocycles. The van der Waals surface area contributed by atoms with Crippen LogP contribution in [0.15, 0.2) is 48.5 Å². The van der Waals surface area contributed by atoms with Gasteiger partial charge in [0.25, 0.3) is 0 Å². The molecule has 2 aliphatic carbocycles. The van der Waals surface area contributed by atoms with Crippen molar-refractivity contribution in [3.8, 4) is 11.1 Å². The molecule has 0 aromatic heterocycles. The lowest BCUT2D eigenvalue weighted by molar-refractivity contribution is -0.138. The van der Waals surface area contributed by atoms with E-state index in [2.05, 4.69) is 29.6 Å². The molecule has 0 bridgehead atoms. The summed E-state index contributed by atoms with van der Waals surface area (Å²) in [6.45, 7) is 1.08. The first-order chi connectivity index (χ1) is 17.0. The van der Waals surface area contributed by atoms with E-state index in [1.807, 2.05) is 24.3 Å². The van der Waals surface area contributed by atoms with Gasteiger partial charge in [0.2, 0.25) is 5.91 Å². The van der Waals surface area contributed by atoms with Crippen LogP contribution in [-0.2, 0) is 14.3 Å². The SMILES string of the molecule is O=C(NC1CCCC1CC(=O)N1CCSC(C(=O)O)C1)OCC1c2ccccc2-c2ccccc21. The largest absolute Gasteiger partial charge is 0.480 e. The number of fused-ring (bicyclic) bond motifs is 3. The summed E-state index contributed by atoms with van der Waals surface area (Å²) in [5, 5.41) is 11.7. The molecule has 5 rings (SSSR count). The van der Waals surface area contributed by atoms with Crippen molar-refractivity contribution in [1.29, 1.82) is 0 Å². The summed E-state index contributed by atoms with van der Waals surface area (Å²) in [6.07, 6.45) is 2.50. The van der Waals surface area contributed by atoms with Crippen molar-refractivity contribution in [2.24, 2.45) is 5.92 Å². The number of hydrogen-bond donors (Lipinski definition) is 2. The van der Waals surface area contributed by atoms with Crippen LogP contribution in [-0.4, -0.2) is 64.7 Å². The van der Waals surface area contributed by atoms with Crippen LogP contribution >= 0.6 is 11.8 Å². The van der Waals surface area contributed by atoms with Gasteiger partial charge in [0.15, 0.2) is 0 Å². The van der Waals surface area contributed by atoms with E-state index in [0.717, 1.165) is 19.3 Å². The van der Waals surface area contributed by atoms with Crippen molar-refractivity contribution in [3.05, 3.63) is 59.7 Å². The smallest absolute Gasteiger partial charge is 0.407 e. The highest BCUT2D eigenvalue weighted by molar-refractivity contribution is 8.00. The number of amides is 2. The molecule has 0 radical (unpaired) electrons. The van der Waals surface area contributed by atoms with Crippen LogP contribution in [0.2, 0.25) is 0 Å². The van der Waals surface area contributed by atoms with Crippen LogP contribution < -0.4 is 5.32 Å². The van der Waals surface area contributed by atoms with Crippen molar-refractivity contribution in [2.45, 2.75) is 42.9 Å². The standard InChI is InChI=1S/C27H30N2O5S/c30-25(29-12-13-35-24(15-29)26(31)32)14-17-6-5-11-23(17)28-27(33)34-16-22-20-9-3-1-7-18(20)19-8-2-4-10-21(19)22/h1-4,7-10,17,22-24H,5-6,11-16H2,(H,28,33)(H,31,32). The summed E-state index contributed by atoms with van der Waals surface area (Å²) in [5.74, 6) is -0.213. The van der Waals surface area contributed by atoms with Crippen LogP contribution in [0.3, 0.4) is 0 Å². The second-order valence-electron chi connectivity index (χ2n) is 9.51. The fraction of sp³-hybridized carbons (Fsp3) is 0.444. The third-order valence-corrected chi connectivity index (χ3v) is 8.61. The molecule has 8 heteroatoms. The van der Waals surface area contributed by atoms with Gasteiger partial charge in [-0.3, -0.25) is 9.59 Å². The van der Waals surface area contributed by atoms with E-state index in [-0.39, 0.29) is 36.9 Å². The van der Waals surface area contributed by atoms with E-state index in [4.69, 9.17) is 4.74 Å². The third-order valence-electron chi connectivity index (χ3n) is 7.44. The fourth-order valence-electron chi connectivity index (χ4n) is 5.64. The van der Waals surface area contributed by atoms with Gasteiger partial charge in [0.05, 0.1) is 0 Å². The summed E-state index contributed by atoms with van der Waals surface area (Å²) in [4.78, 5) is 38.6. The second-order valence-corrected chi connectivity index (χ2v) is 10.8. The first-order valence-electron chi connectivity index (χ1n) is 12.2. The molecule has 2 aromatic rings. The topological polar surface area (TPSA) is 95.9 Å². The zero-order chi connectivity index (χ0) is 24.4. The zero-order valence-electron chi connectivity index (χ0n) is 19.5. The minimum atomic E-state index is -0.872. The number of nitrogens with zero attached hydrogens (tertiary/aromatic N) is 1. The molecule has 2 amide bonds. The number of ether oxygens (including phenoxy) is 1. The Morgan fingerprint density at radius 1 is 1.03 bits per heavy atom. The van der Waals surface area contributed by atoms with Crippen molar-refractivity contribution in [2.75, 3.05) is 25.4 Å². The molecule has 2 fully saturated rings. The number of hydrogen-bond acceptors (Lipinski definition) is 5.